The molecule has 8 heteroatoms. The number of aromatic nitrogens is 4. The molecule has 0 unspecified atom stereocenters. The highest BCUT2D eigenvalue weighted by molar-refractivity contribution is 5.91. The van der Waals surface area contributed by atoms with Crippen molar-refractivity contribution in [3.05, 3.63) is 59.7 Å². The van der Waals surface area contributed by atoms with Crippen LogP contribution in [0, 0.1) is 12.7 Å². The first kappa shape index (κ1) is 20.0. The fourth-order valence-electron chi connectivity index (χ4n) is 3.66. The predicted octanol–water partition coefficient (Wildman–Crippen LogP) is 4.00. The molecular weight excluding hydrogens is 385 g/mol. The van der Waals surface area contributed by atoms with Crippen LogP contribution >= 0.6 is 0 Å². The number of rotatable bonds is 7. The minimum atomic E-state index is -0.470. The van der Waals surface area contributed by atoms with Crippen molar-refractivity contribution in [1.29, 1.82) is 0 Å². The summed E-state index contributed by atoms with van der Waals surface area (Å²) >= 11 is 0. The summed E-state index contributed by atoms with van der Waals surface area (Å²) in [6.07, 6.45) is 5.87. The monoisotopic (exact) mass is 409 g/mol. The molecule has 1 N–H and O–H groups in total. The summed E-state index contributed by atoms with van der Waals surface area (Å²) in [7, 11) is 0. The van der Waals surface area contributed by atoms with Crippen LogP contribution in [0.25, 0.3) is 5.69 Å². The van der Waals surface area contributed by atoms with Gasteiger partial charge in [-0.2, -0.15) is 4.68 Å². The smallest absolute Gasteiger partial charge is 0.224 e. The van der Waals surface area contributed by atoms with Crippen LogP contribution in [0.2, 0.25) is 0 Å². The highest BCUT2D eigenvalue weighted by Crippen LogP contribution is 2.25. The maximum atomic E-state index is 14.2. The number of hydrogen-bond acceptors (Lipinski definition) is 5. The molecule has 0 spiro atoms. The summed E-state index contributed by atoms with van der Waals surface area (Å²) in [6.45, 7) is 1.68. The lowest BCUT2D eigenvalue weighted by atomic mass is 10.1. The van der Waals surface area contributed by atoms with E-state index in [4.69, 9.17) is 4.74 Å². The maximum Gasteiger partial charge on any atom is 0.224 e. The van der Waals surface area contributed by atoms with Crippen molar-refractivity contribution >= 4 is 11.6 Å². The van der Waals surface area contributed by atoms with Crippen LogP contribution in [-0.4, -0.2) is 32.2 Å². The Morgan fingerprint density at radius 1 is 1.23 bits per heavy atom. The molecule has 1 aliphatic rings. The van der Waals surface area contributed by atoms with Gasteiger partial charge >= 0.3 is 0 Å². The van der Waals surface area contributed by atoms with Gasteiger partial charge < -0.3 is 10.1 Å². The second-order valence-electron chi connectivity index (χ2n) is 7.52. The standard InChI is InChI=1S/C22H24FN5O2/c1-15-25-26-27-28(15)21-14-17(10-11-20(21)23)24-22(29)12-9-16-5-4-8-19(13-16)30-18-6-2-3-7-18/h4-5,8,10-11,13-14,18H,2-3,6-7,9,12H2,1H3,(H,24,29). The molecule has 0 radical (unpaired) electrons. The van der Waals surface area contributed by atoms with Crippen LogP contribution < -0.4 is 10.1 Å². The minimum Gasteiger partial charge on any atom is -0.490 e. The number of benzene rings is 2. The predicted molar refractivity (Wildman–Crippen MR) is 110 cm³/mol. The quantitative estimate of drug-likeness (QED) is 0.638. The van der Waals surface area contributed by atoms with Gasteiger partial charge in [0.2, 0.25) is 5.91 Å². The van der Waals surface area contributed by atoms with Gasteiger partial charge in [0.1, 0.15) is 17.3 Å². The van der Waals surface area contributed by atoms with Crippen molar-refractivity contribution in [3.63, 3.8) is 0 Å². The summed E-state index contributed by atoms with van der Waals surface area (Å²) < 4.78 is 21.5. The number of ether oxygens (including phenoxy) is 1. The van der Waals surface area contributed by atoms with Gasteiger partial charge in [-0.25, -0.2) is 4.39 Å². The van der Waals surface area contributed by atoms with E-state index in [-0.39, 0.29) is 11.6 Å². The Kier molecular flexibility index (Phi) is 6.02. The second kappa shape index (κ2) is 9.02. The van der Waals surface area contributed by atoms with Gasteiger partial charge in [0.25, 0.3) is 0 Å². The van der Waals surface area contributed by atoms with Crippen LogP contribution in [-0.2, 0) is 11.2 Å². The second-order valence-corrected chi connectivity index (χ2v) is 7.52. The topological polar surface area (TPSA) is 81.9 Å². The highest BCUT2D eigenvalue weighted by atomic mass is 19.1. The highest BCUT2D eigenvalue weighted by Gasteiger charge is 2.16. The van der Waals surface area contributed by atoms with Crippen molar-refractivity contribution in [2.45, 2.75) is 51.6 Å². The van der Waals surface area contributed by atoms with Gasteiger partial charge in [0.05, 0.1) is 6.10 Å². The zero-order valence-corrected chi connectivity index (χ0v) is 16.8. The van der Waals surface area contributed by atoms with E-state index in [0.29, 0.717) is 30.5 Å². The number of tetrazole rings is 1. The number of carbonyl (C=O) groups excluding carboxylic acids is 1. The molecule has 1 aliphatic carbocycles. The normalized spacial score (nSPS) is 14.1. The molecular formula is C22H24FN5O2. The van der Waals surface area contributed by atoms with E-state index in [2.05, 4.69) is 20.8 Å². The first-order valence-corrected chi connectivity index (χ1v) is 10.2. The van der Waals surface area contributed by atoms with Gasteiger partial charge in [-0.15, -0.1) is 5.10 Å². The molecule has 3 aromatic rings. The molecule has 156 valence electrons. The number of anilines is 1. The average Bonchev–Trinajstić information content (AvgIpc) is 3.40. The van der Waals surface area contributed by atoms with Crippen molar-refractivity contribution in [2.24, 2.45) is 0 Å². The molecule has 1 heterocycles. The Balaban J connectivity index is 1.36. The van der Waals surface area contributed by atoms with E-state index in [0.717, 1.165) is 24.2 Å². The molecule has 0 atom stereocenters. The zero-order valence-electron chi connectivity index (χ0n) is 16.8. The number of halogens is 1. The lowest BCUT2D eigenvalue weighted by Gasteiger charge is -2.14. The average molecular weight is 409 g/mol. The van der Waals surface area contributed by atoms with E-state index >= 15 is 0 Å². The maximum absolute atomic E-state index is 14.2. The summed E-state index contributed by atoms with van der Waals surface area (Å²) in [5.41, 5.74) is 1.72. The lowest BCUT2D eigenvalue weighted by molar-refractivity contribution is -0.116. The molecule has 0 bridgehead atoms. The first-order chi connectivity index (χ1) is 14.6. The van der Waals surface area contributed by atoms with Gasteiger partial charge in [-0.3, -0.25) is 4.79 Å². The molecule has 4 rings (SSSR count). The number of amides is 1. The molecule has 1 fully saturated rings. The van der Waals surface area contributed by atoms with Gasteiger partial charge in [0, 0.05) is 12.1 Å². The van der Waals surface area contributed by atoms with E-state index in [9.17, 15) is 9.18 Å². The number of hydrogen-bond donors (Lipinski definition) is 1. The Hall–Kier alpha value is -3.29. The fourth-order valence-corrected chi connectivity index (χ4v) is 3.66. The number of aryl methyl sites for hydroxylation is 2. The molecule has 30 heavy (non-hydrogen) atoms. The van der Waals surface area contributed by atoms with Crippen molar-refractivity contribution < 1.29 is 13.9 Å². The molecule has 1 aromatic heterocycles. The summed E-state index contributed by atoms with van der Waals surface area (Å²) in [5.74, 6) is 0.697. The minimum absolute atomic E-state index is 0.150. The number of nitrogens with zero attached hydrogens (tertiary/aromatic N) is 4. The number of carbonyl (C=O) groups is 1. The molecule has 0 saturated heterocycles. The molecule has 0 aliphatic heterocycles. The molecule has 2 aromatic carbocycles. The van der Waals surface area contributed by atoms with Gasteiger partial charge in [-0.1, -0.05) is 12.1 Å². The first-order valence-electron chi connectivity index (χ1n) is 10.2. The molecule has 7 nitrogen and oxygen atoms in total. The summed E-state index contributed by atoms with van der Waals surface area (Å²) in [5, 5.41) is 13.9. The van der Waals surface area contributed by atoms with Crippen LogP contribution in [0.4, 0.5) is 10.1 Å². The Morgan fingerprint density at radius 3 is 2.83 bits per heavy atom. The fraction of sp³-hybridized carbons (Fsp3) is 0.364. The Morgan fingerprint density at radius 2 is 2.07 bits per heavy atom. The Labute approximate surface area is 174 Å². The van der Waals surface area contributed by atoms with Gasteiger partial charge in [0.15, 0.2) is 5.82 Å². The van der Waals surface area contributed by atoms with Crippen LogP contribution in [0.3, 0.4) is 0 Å². The van der Waals surface area contributed by atoms with Crippen LogP contribution in [0.1, 0.15) is 43.5 Å². The van der Waals surface area contributed by atoms with Crippen molar-refractivity contribution in [2.75, 3.05) is 5.32 Å². The third-order valence-electron chi connectivity index (χ3n) is 5.23. The van der Waals surface area contributed by atoms with E-state index in [1.165, 1.54) is 35.7 Å². The van der Waals surface area contributed by atoms with Gasteiger partial charge in [-0.05, 0) is 85.3 Å². The molecule has 1 amide bonds. The van der Waals surface area contributed by atoms with E-state index < -0.39 is 5.82 Å². The summed E-state index contributed by atoms with van der Waals surface area (Å²) in [4.78, 5) is 12.4. The summed E-state index contributed by atoms with van der Waals surface area (Å²) in [6, 6.07) is 12.2. The van der Waals surface area contributed by atoms with E-state index in [1.54, 1.807) is 6.92 Å². The van der Waals surface area contributed by atoms with Crippen molar-refractivity contribution in [3.8, 4) is 11.4 Å². The third kappa shape index (κ3) is 4.82. The van der Waals surface area contributed by atoms with Crippen LogP contribution in [0.15, 0.2) is 42.5 Å². The third-order valence-corrected chi connectivity index (χ3v) is 5.23. The Bertz CT molecular complexity index is 1030. The number of nitrogens with one attached hydrogen (secondary N) is 1. The van der Waals surface area contributed by atoms with Crippen LogP contribution in [0.5, 0.6) is 5.75 Å². The molecule has 1 saturated carbocycles. The zero-order chi connectivity index (χ0) is 20.9. The largest absolute Gasteiger partial charge is 0.490 e. The SMILES string of the molecule is Cc1nnnn1-c1cc(NC(=O)CCc2cccc(OC3CCCC3)c2)ccc1F. The van der Waals surface area contributed by atoms with E-state index in [1.807, 2.05) is 24.3 Å². The van der Waals surface area contributed by atoms with Crippen molar-refractivity contribution in [1.82, 2.24) is 20.2 Å². The lowest BCUT2D eigenvalue weighted by Crippen LogP contribution is -2.13.